The number of thiophene rings is 1. The Morgan fingerprint density at radius 2 is 2.11 bits per heavy atom. The van der Waals surface area contributed by atoms with Crippen LogP contribution >= 0.6 is 38.9 Å². The molecular weight excluding hydrogens is 348 g/mol. The highest BCUT2D eigenvalue weighted by Crippen LogP contribution is 2.25. The zero-order valence-corrected chi connectivity index (χ0v) is 13.6. The minimum absolute atomic E-state index is 0.0579. The van der Waals surface area contributed by atoms with Crippen LogP contribution in [0.3, 0.4) is 0 Å². The largest absolute Gasteiger partial charge is 0.483 e. The fourth-order valence-corrected chi connectivity index (χ4v) is 2.90. The molecule has 1 atom stereocenters. The molecule has 1 aromatic carbocycles. The van der Waals surface area contributed by atoms with Crippen molar-refractivity contribution >= 4 is 44.7 Å². The van der Waals surface area contributed by atoms with Gasteiger partial charge in [0.05, 0.1) is 9.21 Å². The maximum atomic E-state index is 12.1. The van der Waals surface area contributed by atoms with E-state index in [1.165, 1.54) is 11.3 Å². The molecule has 1 aromatic heterocycles. The molecule has 2 rings (SSSR count). The number of halogens is 2. The molecule has 100 valence electrons. The van der Waals surface area contributed by atoms with Crippen molar-refractivity contribution in [3.05, 3.63) is 49.6 Å². The Kier molecular flexibility index (Phi) is 4.66. The Hall–Kier alpha value is -0.840. The zero-order valence-electron chi connectivity index (χ0n) is 10.4. The number of aryl methyl sites for hydroxylation is 1. The van der Waals surface area contributed by atoms with Crippen LogP contribution in [0.1, 0.15) is 22.2 Å². The predicted octanol–water partition coefficient (Wildman–Crippen LogP) is 5.12. The summed E-state index contributed by atoms with van der Waals surface area (Å²) < 4.78 is 7.29. The molecule has 5 heteroatoms. The summed E-state index contributed by atoms with van der Waals surface area (Å²) >= 11 is 10.5. The molecule has 0 fully saturated rings. The van der Waals surface area contributed by atoms with E-state index in [2.05, 4.69) is 15.9 Å². The summed E-state index contributed by atoms with van der Waals surface area (Å²) in [6.07, 6.45) is -0.532. The van der Waals surface area contributed by atoms with Crippen LogP contribution in [0, 0.1) is 6.92 Å². The van der Waals surface area contributed by atoms with Gasteiger partial charge in [0.25, 0.3) is 0 Å². The van der Waals surface area contributed by atoms with Crippen LogP contribution in [0.2, 0.25) is 4.34 Å². The molecule has 2 aromatic rings. The fraction of sp³-hybridized carbons (Fsp3) is 0.214. The highest BCUT2D eigenvalue weighted by atomic mass is 79.9. The van der Waals surface area contributed by atoms with Crippen LogP contribution in [0.4, 0.5) is 0 Å². The average molecular weight is 360 g/mol. The number of Topliss-reactive ketones (excluding diaryl/α,β-unsaturated/α-hetero) is 1. The minimum atomic E-state index is -0.532. The van der Waals surface area contributed by atoms with Gasteiger partial charge in [-0.15, -0.1) is 11.3 Å². The van der Waals surface area contributed by atoms with Crippen LogP contribution in [0.5, 0.6) is 5.75 Å². The van der Waals surface area contributed by atoms with Crippen LogP contribution in [0.15, 0.2) is 34.8 Å². The van der Waals surface area contributed by atoms with Crippen LogP contribution in [-0.2, 0) is 0 Å². The third-order valence-electron chi connectivity index (χ3n) is 2.63. The van der Waals surface area contributed by atoms with Crippen molar-refractivity contribution in [1.82, 2.24) is 0 Å². The number of ketones is 1. The van der Waals surface area contributed by atoms with Crippen molar-refractivity contribution in [3.8, 4) is 5.75 Å². The van der Waals surface area contributed by atoms with Gasteiger partial charge >= 0.3 is 0 Å². The third kappa shape index (κ3) is 3.59. The topological polar surface area (TPSA) is 26.3 Å². The second-order valence-corrected chi connectivity index (χ2v) is 6.71. The van der Waals surface area contributed by atoms with E-state index in [-0.39, 0.29) is 5.78 Å². The zero-order chi connectivity index (χ0) is 14.0. The molecule has 0 amide bonds. The van der Waals surface area contributed by atoms with Gasteiger partial charge in [-0.3, -0.25) is 4.79 Å². The lowest BCUT2D eigenvalue weighted by Gasteiger charge is -2.13. The number of carbonyl (C=O) groups is 1. The minimum Gasteiger partial charge on any atom is -0.483 e. The fourth-order valence-electron chi connectivity index (χ4n) is 1.60. The molecule has 0 saturated heterocycles. The molecule has 0 radical (unpaired) electrons. The molecule has 0 spiro atoms. The summed E-state index contributed by atoms with van der Waals surface area (Å²) in [6, 6.07) is 9.08. The van der Waals surface area contributed by atoms with Gasteiger partial charge < -0.3 is 4.74 Å². The summed E-state index contributed by atoms with van der Waals surface area (Å²) in [4.78, 5) is 12.7. The Morgan fingerprint density at radius 1 is 1.37 bits per heavy atom. The Bertz CT molecular complexity index is 609. The Labute approximate surface area is 129 Å². The van der Waals surface area contributed by atoms with Crippen LogP contribution in [-0.4, -0.2) is 11.9 Å². The van der Waals surface area contributed by atoms with Crippen molar-refractivity contribution in [3.63, 3.8) is 0 Å². The molecule has 0 saturated carbocycles. The number of benzene rings is 1. The van der Waals surface area contributed by atoms with E-state index in [4.69, 9.17) is 16.3 Å². The van der Waals surface area contributed by atoms with Crippen molar-refractivity contribution in [2.45, 2.75) is 20.0 Å². The van der Waals surface area contributed by atoms with E-state index in [1.54, 1.807) is 19.1 Å². The van der Waals surface area contributed by atoms with Gasteiger partial charge in [-0.05, 0) is 49.7 Å². The van der Waals surface area contributed by atoms with Gasteiger partial charge in [0.2, 0.25) is 5.78 Å². The van der Waals surface area contributed by atoms with Crippen molar-refractivity contribution in [1.29, 1.82) is 0 Å². The highest BCUT2D eigenvalue weighted by molar-refractivity contribution is 9.10. The Morgan fingerprint density at radius 3 is 2.68 bits per heavy atom. The SMILES string of the molecule is Cc1cc(OC(C)C(=O)c2ccc(Cl)s2)ccc1Br. The van der Waals surface area contributed by atoms with Gasteiger partial charge in [-0.2, -0.15) is 0 Å². The maximum absolute atomic E-state index is 12.1. The number of hydrogen-bond acceptors (Lipinski definition) is 3. The second kappa shape index (κ2) is 6.07. The number of carbonyl (C=O) groups excluding carboxylic acids is 1. The molecule has 0 aliphatic rings. The molecular formula is C14H12BrClO2S. The van der Waals surface area contributed by atoms with E-state index in [9.17, 15) is 4.79 Å². The molecule has 2 nitrogen and oxygen atoms in total. The van der Waals surface area contributed by atoms with Gasteiger partial charge in [-0.1, -0.05) is 27.5 Å². The van der Waals surface area contributed by atoms with Gasteiger partial charge in [0.1, 0.15) is 5.75 Å². The third-order valence-corrected chi connectivity index (χ3v) is 4.76. The number of rotatable bonds is 4. The first kappa shape index (κ1) is 14.6. The summed E-state index contributed by atoms with van der Waals surface area (Å²) in [5.74, 6) is 0.627. The lowest BCUT2D eigenvalue weighted by molar-refractivity contribution is 0.0822. The highest BCUT2D eigenvalue weighted by Gasteiger charge is 2.18. The molecule has 19 heavy (non-hydrogen) atoms. The lowest BCUT2D eigenvalue weighted by Crippen LogP contribution is -2.23. The van der Waals surface area contributed by atoms with Crippen molar-refractivity contribution in [2.24, 2.45) is 0 Å². The first-order chi connectivity index (χ1) is 8.97. The summed E-state index contributed by atoms with van der Waals surface area (Å²) in [5, 5.41) is 0. The Balaban J connectivity index is 2.10. The van der Waals surface area contributed by atoms with E-state index < -0.39 is 6.10 Å². The maximum Gasteiger partial charge on any atom is 0.212 e. The first-order valence-corrected chi connectivity index (χ1v) is 7.68. The van der Waals surface area contributed by atoms with Crippen molar-refractivity contribution in [2.75, 3.05) is 0 Å². The molecule has 0 aliphatic carbocycles. The number of ether oxygens (including phenoxy) is 1. The van der Waals surface area contributed by atoms with E-state index in [0.717, 1.165) is 10.0 Å². The average Bonchev–Trinajstić information content (AvgIpc) is 2.79. The summed E-state index contributed by atoms with van der Waals surface area (Å²) in [7, 11) is 0. The lowest BCUT2D eigenvalue weighted by atomic mass is 10.2. The second-order valence-electron chi connectivity index (χ2n) is 4.14. The van der Waals surface area contributed by atoms with Crippen LogP contribution < -0.4 is 4.74 Å². The predicted molar refractivity (Wildman–Crippen MR) is 82.6 cm³/mol. The molecule has 0 N–H and O–H groups in total. The van der Waals surface area contributed by atoms with Crippen LogP contribution in [0.25, 0.3) is 0 Å². The normalized spacial score (nSPS) is 12.2. The van der Waals surface area contributed by atoms with Gasteiger partial charge in [-0.25, -0.2) is 0 Å². The van der Waals surface area contributed by atoms with Crippen molar-refractivity contribution < 1.29 is 9.53 Å². The molecule has 0 aliphatic heterocycles. The standard InChI is InChI=1S/C14H12BrClO2S/c1-8-7-10(3-4-11(8)15)18-9(2)14(17)12-5-6-13(16)19-12/h3-7,9H,1-2H3. The molecule has 1 unspecified atom stereocenters. The summed E-state index contributed by atoms with van der Waals surface area (Å²) in [6.45, 7) is 3.72. The summed E-state index contributed by atoms with van der Waals surface area (Å²) in [5.41, 5.74) is 1.07. The smallest absolute Gasteiger partial charge is 0.212 e. The van der Waals surface area contributed by atoms with E-state index >= 15 is 0 Å². The quantitative estimate of drug-likeness (QED) is 0.708. The number of hydrogen-bond donors (Lipinski definition) is 0. The molecule has 0 bridgehead atoms. The first-order valence-electron chi connectivity index (χ1n) is 5.69. The van der Waals surface area contributed by atoms with Gasteiger partial charge in [0, 0.05) is 4.47 Å². The monoisotopic (exact) mass is 358 g/mol. The van der Waals surface area contributed by atoms with E-state index in [1.807, 2.05) is 25.1 Å². The van der Waals surface area contributed by atoms with E-state index in [0.29, 0.717) is 15.0 Å². The van der Waals surface area contributed by atoms with Gasteiger partial charge in [0.15, 0.2) is 6.10 Å². The molecule has 1 heterocycles.